The summed E-state index contributed by atoms with van der Waals surface area (Å²) in [6.07, 6.45) is 0. The minimum absolute atomic E-state index is 0.520. The van der Waals surface area contributed by atoms with E-state index in [-0.39, 0.29) is 0 Å². The molecule has 0 unspecified atom stereocenters. The summed E-state index contributed by atoms with van der Waals surface area (Å²) in [4.78, 5) is 0. The first-order valence-corrected chi connectivity index (χ1v) is 4.97. The Kier molecular flexibility index (Phi) is 2.82. The summed E-state index contributed by atoms with van der Waals surface area (Å²) >= 11 is 5.69. The third-order valence-corrected chi connectivity index (χ3v) is 2.29. The number of hydrogen-bond donors (Lipinski definition) is 1. The van der Waals surface area contributed by atoms with E-state index < -0.39 is 0 Å². The number of aromatic nitrogens is 4. The van der Waals surface area contributed by atoms with Crippen molar-refractivity contribution in [3.05, 3.63) is 29.8 Å². The summed E-state index contributed by atoms with van der Waals surface area (Å²) in [6.45, 7) is 0. The third kappa shape index (κ3) is 2.24. The van der Waals surface area contributed by atoms with Gasteiger partial charge in [0, 0.05) is 18.6 Å². The number of rotatable bonds is 3. The molecule has 1 heterocycles. The number of hydrogen-bond acceptors (Lipinski definition) is 4. The van der Waals surface area contributed by atoms with Gasteiger partial charge < -0.3 is 5.32 Å². The minimum atomic E-state index is 0.520. The predicted molar refractivity (Wildman–Crippen MR) is 58.1 cm³/mol. The van der Waals surface area contributed by atoms with Crippen molar-refractivity contribution in [2.75, 3.05) is 5.32 Å². The molecule has 1 aromatic heterocycles. The number of benzene rings is 1. The number of halogens is 1. The van der Waals surface area contributed by atoms with E-state index in [1.54, 1.807) is 11.7 Å². The second kappa shape index (κ2) is 4.27. The average Bonchev–Trinajstić information content (AvgIpc) is 2.66. The first-order chi connectivity index (χ1) is 7.29. The highest BCUT2D eigenvalue weighted by Gasteiger charge is 2.01. The fourth-order valence-electron chi connectivity index (χ4n) is 1.14. The lowest BCUT2D eigenvalue weighted by Gasteiger charge is -2.04. The highest BCUT2D eigenvalue weighted by Crippen LogP contribution is 2.14. The van der Waals surface area contributed by atoms with Crippen molar-refractivity contribution in [3.63, 3.8) is 0 Å². The van der Waals surface area contributed by atoms with Crippen LogP contribution in [0.15, 0.2) is 24.3 Å². The van der Waals surface area contributed by atoms with Gasteiger partial charge in [-0.2, -0.15) is 0 Å². The summed E-state index contributed by atoms with van der Waals surface area (Å²) in [5.41, 5.74) is 2.01. The molecular formula is C9H10ClN5. The van der Waals surface area contributed by atoms with Crippen molar-refractivity contribution in [3.8, 4) is 0 Å². The molecule has 6 heteroatoms. The molecule has 0 radical (unpaired) electrons. The molecular weight excluding hydrogens is 214 g/mol. The van der Waals surface area contributed by atoms with Crippen LogP contribution in [-0.4, -0.2) is 20.2 Å². The van der Waals surface area contributed by atoms with Gasteiger partial charge in [-0.15, -0.1) is 11.6 Å². The van der Waals surface area contributed by atoms with Crippen LogP contribution in [0.2, 0.25) is 0 Å². The summed E-state index contributed by atoms with van der Waals surface area (Å²) < 4.78 is 1.56. The lowest BCUT2D eigenvalue weighted by molar-refractivity contribution is 0.715. The molecule has 0 saturated heterocycles. The van der Waals surface area contributed by atoms with Gasteiger partial charge in [0.2, 0.25) is 5.95 Å². The molecule has 0 aliphatic carbocycles. The van der Waals surface area contributed by atoms with Gasteiger partial charge in [-0.05, 0) is 28.1 Å². The Hall–Kier alpha value is -1.62. The van der Waals surface area contributed by atoms with Crippen LogP contribution in [-0.2, 0) is 12.9 Å². The fraction of sp³-hybridized carbons (Fsp3) is 0.222. The van der Waals surface area contributed by atoms with Crippen LogP contribution in [0, 0.1) is 0 Å². The Morgan fingerprint density at radius 1 is 1.33 bits per heavy atom. The third-order valence-electron chi connectivity index (χ3n) is 1.98. The Labute approximate surface area is 92.1 Å². The van der Waals surface area contributed by atoms with Gasteiger partial charge >= 0.3 is 0 Å². The maximum Gasteiger partial charge on any atom is 0.247 e. The summed E-state index contributed by atoms with van der Waals surface area (Å²) in [6, 6.07) is 7.79. The van der Waals surface area contributed by atoms with Crippen LogP contribution >= 0.6 is 11.6 Å². The minimum Gasteiger partial charge on any atom is -0.323 e. The molecule has 0 amide bonds. The SMILES string of the molecule is Cn1nnnc1Nc1ccc(CCl)cc1. The molecule has 0 spiro atoms. The maximum absolute atomic E-state index is 5.69. The fourth-order valence-corrected chi connectivity index (χ4v) is 1.32. The normalized spacial score (nSPS) is 10.3. The first kappa shape index (κ1) is 9.92. The molecule has 78 valence electrons. The Balaban J connectivity index is 2.14. The zero-order valence-electron chi connectivity index (χ0n) is 8.18. The molecule has 1 aromatic carbocycles. The van der Waals surface area contributed by atoms with Gasteiger partial charge in [0.15, 0.2) is 0 Å². The van der Waals surface area contributed by atoms with Crippen molar-refractivity contribution in [2.45, 2.75) is 5.88 Å². The summed E-state index contributed by atoms with van der Waals surface area (Å²) in [5.74, 6) is 1.12. The van der Waals surface area contributed by atoms with E-state index in [4.69, 9.17) is 11.6 Å². The zero-order chi connectivity index (χ0) is 10.7. The summed E-state index contributed by atoms with van der Waals surface area (Å²) in [5, 5.41) is 14.2. The molecule has 0 aliphatic heterocycles. The van der Waals surface area contributed by atoms with Gasteiger partial charge in [-0.25, -0.2) is 4.68 Å². The monoisotopic (exact) mass is 223 g/mol. The van der Waals surface area contributed by atoms with Crippen LogP contribution in [0.3, 0.4) is 0 Å². The van der Waals surface area contributed by atoms with E-state index >= 15 is 0 Å². The van der Waals surface area contributed by atoms with Crippen molar-refractivity contribution in [1.82, 2.24) is 20.2 Å². The van der Waals surface area contributed by atoms with Crippen molar-refractivity contribution in [1.29, 1.82) is 0 Å². The molecule has 2 aromatic rings. The largest absolute Gasteiger partial charge is 0.323 e. The predicted octanol–water partition coefficient (Wildman–Crippen LogP) is 1.69. The highest BCUT2D eigenvalue weighted by atomic mass is 35.5. The van der Waals surface area contributed by atoms with Gasteiger partial charge in [-0.1, -0.05) is 17.2 Å². The van der Waals surface area contributed by atoms with Crippen LogP contribution in [0.1, 0.15) is 5.56 Å². The second-order valence-electron chi connectivity index (χ2n) is 3.08. The smallest absolute Gasteiger partial charge is 0.247 e. The van der Waals surface area contributed by atoms with E-state index in [2.05, 4.69) is 20.8 Å². The zero-order valence-corrected chi connectivity index (χ0v) is 8.94. The van der Waals surface area contributed by atoms with E-state index in [0.717, 1.165) is 11.3 Å². The number of nitrogens with one attached hydrogen (secondary N) is 1. The molecule has 0 fully saturated rings. The van der Waals surface area contributed by atoms with Gasteiger partial charge in [-0.3, -0.25) is 0 Å². The molecule has 1 N–H and O–H groups in total. The van der Waals surface area contributed by atoms with Crippen molar-refractivity contribution >= 4 is 23.2 Å². The van der Waals surface area contributed by atoms with Gasteiger partial charge in [0.05, 0.1) is 0 Å². The molecule has 0 aliphatic rings. The Bertz CT molecular complexity index is 436. The molecule has 2 rings (SSSR count). The van der Waals surface area contributed by atoms with Crippen LogP contribution in [0.25, 0.3) is 0 Å². The van der Waals surface area contributed by atoms with Gasteiger partial charge in [0.1, 0.15) is 0 Å². The van der Waals surface area contributed by atoms with Crippen LogP contribution < -0.4 is 5.32 Å². The van der Waals surface area contributed by atoms with E-state index in [0.29, 0.717) is 11.8 Å². The van der Waals surface area contributed by atoms with Gasteiger partial charge in [0.25, 0.3) is 0 Å². The first-order valence-electron chi connectivity index (χ1n) is 4.44. The van der Waals surface area contributed by atoms with Crippen molar-refractivity contribution in [2.24, 2.45) is 7.05 Å². The summed E-state index contributed by atoms with van der Waals surface area (Å²) in [7, 11) is 1.77. The van der Waals surface area contributed by atoms with Crippen molar-refractivity contribution < 1.29 is 0 Å². The Morgan fingerprint density at radius 2 is 2.07 bits per heavy atom. The lowest BCUT2D eigenvalue weighted by Crippen LogP contribution is -2.00. The topological polar surface area (TPSA) is 55.6 Å². The molecule has 0 atom stereocenters. The van der Waals surface area contributed by atoms with E-state index in [9.17, 15) is 0 Å². The maximum atomic E-state index is 5.69. The number of anilines is 2. The van der Waals surface area contributed by atoms with E-state index in [1.807, 2.05) is 24.3 Å². The lowest BCUT2D eigenvalue weighted by atomic mass is 10.2. The number of nitrogens with zero attached hydrogens (tertiary/aromatic N) is 4. The molecule has 0 bridgehead atoms. The number of tetrazole rings is 1. The van der Waals surface area contributed by atoms with Crippen LogP contribution in [0.4, 0.5) is 11.6 Å². The Morgan fingerprint density at radius 3 is 2.60 bits per heavy atom. The highest BCUT2D eigenvalue weighted by molar-refractivity contribution is 6.17. The van der Waals surface area contributed by atoms with Crippen LogP contribution in [0.5, 0.6) is 0 Å². The molecule has 0 saturated carbocycles. The van der Waals surface area contributed by atoms with E-state index in [1.165, 1.54) is 0 Å². The number of aryl methyl sites for hydroxylation is 1. The standard InChI is InChI=1S/C9H10ClN5/c1-15-9(12-13-14-15)11-8-4-2-7(6-10)3-5-8/h2-5H,6H2,1H3,(H,11,12,14). The molecule has 15 heavy (non-hydrogen) atoms. The number of alkyl halides is 1. The second-order valence-corrected chi connectivity index (χ2v) is 3.35. The molecule has 5 nitrogen and oxygen atoms in total. The quantitative estimate of drug-likeness (QED) is 0.805. The average molecular weight is 224 g/mol.